The summed E-state index contributed by atoms with van der Waals surface area (Å²) in [6, 6.07) is 16.9. The molecule has 110 valence electrons. The molecule has 0 unspecified atom stereocenters. The molecule has 21 heavy (non-hydrogen) atoms. The van der Waals surface area contributed by atoms with Gasteiger partial charge in [-0.1, -0.05) is 41.9 Å². The summed E-state index contributed by atoms with van der Waals surface area (Å²) in [5.41, 5.74) is 2.54. The zero-order valence-corrected chi connectivity index (χ0v) is 12.8. The van der Waals surface area contributed by atoms with Gasteiger partial charge < -0.3 is 10.1 Å². The third-order valence-corrected chi connectivity index (χ3v) is 3.88. The molecule has 0 aromatic heterocycles. The van der Waals surface area contributed by atoms with Crippen LogP contribution in [0, 0.1) is 0 Å². The molecule has 0 aliphatic heterocycles. The minimum atomic E-state index is 0.570. The third kappa shape index (κ3) is 4.76. The van der Waals surface area contributed by atoms with Crippen LogP contribution in [-0.4, -0.2) is 12.6 Å². The molecule has 1 aliphatic rings. The van der Waals surface area contributed by atoms with Crippen LogP contribution >= 0.6 is 11.6 Å². The fourth-order valence-corrected chi connectivity index (χ4v) is 2.41. The SMILES string of the molecule is Clc1cccc(OCc2ccc(CCNC3CC3)cc2)c1. The first-order valence-corrected chi connectivity index (χ1v) is 7.87. The summed E-state index contributed by atoms with van der Waals surface area (Å²) >= 11 is 5.94. The van der Waals surface area contributed by atoms with Gasteiger partial charge in [-0.15, -0.1) is 0 Å². The molecule has 3 heteroatoms. The molecule has 1 saturated carbocycles. The van der Waals surface area contributed by atoms with Crippen molar-refractivity contribution < 1.29 is 4.74 Å². The van der Waals surface area contributed by atoms with Crippen LogP contribution in [0.25, 0.3) is 0 Å². The second kappa shape index (κ2) is 6.97. The van der Waals surface area contributed by atoms with E-state index in [0.29, 0.717) is 11.6 Å². The van der Waals surface area contributed by atoms with Crippen LogP contribution in [0.1, 0.15) is 24.0 Å². The van der Waals surface area contributed by atoms with Crippen molar-refractivity contribution in [1.82, 2.24) is 5.32 Å². The van der Waals surface area contributed by atoms with Gasteiger partial charge in [-0.25, -0.2) is 0 Å². The van der Waals surface area contributed by atoms with E-state index < -0.39 is 0 Å². The number of ether oxygens (including phenoxy) is 1. The molecule has 0 amide bonds. The summed E-state index contributed by atoms with van der Waals surface area (Å²) in [6.45, 7) is 1.64. The number of rotatable bonds is 7. The molecule has 2 aromatic rings. The first kappa shape index (κ1) is 14.4. The van der Waals surface area contributed by atoms with Crippen molar-refractivity contribution in [2.24, 2.45) is 0 Å². The fraction of sp³-hybridized carbons (Fsp3) is 0.333. The molecule has 0 bridgehead atoms. The maximum Gasteiger partial charge on any atom is 0.121 e. The molecule has 0 atom stereocenters. The molecule has 2 aromatic carbocycles. The Balaban J connectivity index is 1.47. The Labute approximate surface area is 131 Å². The van der Waals surface area contributed by atoms with Crippen molar-refractivity contribution in [2.75, 3.05) is 6.54 Å². The van der Waals surface area contributed by atoms with Gasteiger partial charge in [0, 0.05) is 11.1 Å². The van der Waals surface area contributed by atoms with Gasteiger partial charge in [-0.2, -0.15) is 0 Å². The Kier molecular flexibility index (Phi) is 4.79. The summed E-state index contributed by atoms with van der Waals surface area (Å²) in [4.78, 5) is 0. The highest BCUT2D eigenvalue weighted by molar-refractivity contribution is 6.30. The molecular weight excluding hydrogens is 282 g/mol. The van der Waals surface area contributed by atoms with E-state index in [1.54, 1.807) is 0 Å². The van der Waals surface area contributed by atoms with Gasteiger partial charge >= 0.3 is 0 Å². The first-order chi connectivity index (χ1) is 10.3. The van der Waals surface area contributed by atoms with E-state index in [4.69, 9.17) is 16.3 Å². The molecule has 1 aliphatic carbocycles. The maximum atomic E-state index is 5.94. The lowest BCUT2D eigenvalue weighted by atomic mass is 10.1. The van der Waals surface area contributed by atoms with Crippen LogP contribution in [0.2, 0.25) is 5.02 Å². The highest BCUT2D eigenvalue weighted by Crippen LogP contribution is 2.19. The van der Waals surface area contributed by atoms with E-state index in [1.807, 2.05) is 24.3 Å². The normalized spacial score (nSPS) is 14.1. The van der Waals surface area contributed by atoms with E-state index in [0.717, 1.165) is 24.8 Å². The summed E-state index contributed by atoms with van der Waals surface area (Å²) in [7, 11) is 0. The van der Waals surface area contributed by atoms with Gasteiger partial charge in [0.1, 0.15) is 12.4 Å². The van der Waals surface area contributed by atoms with E-state index in [2.05, 4.69) is 29.6 Å². The second-order valence-electron chi connectivity index (χ2n) is 5.54. The fourth-order valence-electron chi connectivity index (χ4n) is 2.23. The lowest BCUT2D eigenvalue weighted by Gasteiger charge is -2.08. The molecule has 1 fully saturated rings. The van der Waals surface area contributed by atoms with Crippen molar-refractivity contribution in [1.29, 1.82) is 0 Å². The monoisotopic (exact) mass is 301 g/mol. The predicted octanol–water partition coefficient (Wildman–Crippen LogP) is 4.21. The topological polar surface area (TPSA) is 21.3 Å². The third-order valence-electron chi connectivity index (χ3n) is 3.65. The van der Waals surface area contributed by atoms with Crippen LogP contribution in [-0.2, 0) is 13.0 Å². The number of halogens is 1. The average molecular weight is 302 g/mol. The average Bonchev–Trinajstić information content (AvgIpc) is 3.31. The summed E-state index contributed by atoms with van der Waals surface area (Å²) in [6.07, 6.45) is 3.78. The van der Waals surface area contributed by atoms with Crippen molar-refractivity contribution in [2.45, 2.75) is 31.9 Å². The smallest absolute Gasteiger partial charge is 0.121 e. The summed E-state index contributed by atoms with van der Waals surface area (Å²) < 4.78 is 5.74. The highest BCUT2D eigenvalue weighted by atomic mass is 35.5. The summed E-state index contributed by atoms with van der Waals surface area (Å²) in [5, 5.41) is 4.23. The van der Waals surface area contributed by atoms with E-state index in [-0.39, 0.29) is 0 Å². The Morgan fingerprint density at radius 1 is 1.05 bits per heavy atom. The van der Waals surface area contributed by atoms with Crippen LogP contribution in [0.5, 0.6) is 5.75 Å². The number of benzene rings is 2. The van der Waals surface area contributed by atoms with Crippen LogP contribution in [0.3, 0.4) is 0 Å². The molecule has 1 N–H and O–H groups in total. The zero-order chi connectivity index (χ0) is 14.5. The lowest BCUT2D eigenvalue weighted by Crippen LogP contribution is -2.19. The lowest BCUT2D eigenvalue weighted by molar-refractivity contribution is 0.306. The van der Waals surface area contributed by atoms with E-state index in [9.17, 15) is 0 Å². The van der Waals surface area contributed by atoms with Crippen molar-refractivity contribution in [3.63, 3.8) is 0 Å². The number of hydrogen-bond donors (Lipinski definition) is 1. The van der Waals surface area contributed by atoms with Crippen LogP contribution < -0.4 is 10.1 Å². The van der Waals surface area contributed by atoms with E-state index in [1.165, 1.54) is 24.0 Å². The minimum Gasteiger partial charge on any atom is -0.489 e. The number of nitrogens with one attached hydrogen (secondary N) is 1. The Morgan fingerprint density at radius 3 is 2.52 bits per heavy atom. The molecule has 0 saturated heterocycles. The molecule has 0 spiro atoms. The predicted molar refractivity (Wildman–Crippen MR) is 87.0 cm³/mol. The van der Waals surface area contributed by atoms with Crippen LogP contribution in [0.15, 0.2) is 48.5 Å². The van der Waals surface area contributed by atoms with E-state index >= 15 is 0 Å². The van der Waals surface area contributed by atoms with Crippen molar-refractivity contribution in [3.8, 4) is 5.75 Å². The quantitative estimate of drug-likeness (QED) is 0.827. The molecule has 2 nitrogen and oxygen atoms in total. The van der Waals surface area contributed by atoms with Gasteiger partial charge in [0.2, 0.25) is 0 Å². The zero-order valence-electron chi connectivity index (χ0n) is 12.0. The van der Waals surface area contributed by atoms with Gasteiger partial charge in [0.05, 0.1) is 0 Å². The standard InChI is InChI=1S/C18H20ClNO/c19-16-2-1-3-18(12-16)21-13-15-6-4-14(5-7-15)10-11-20-17-8-9-17/h1-7,12,17,20H,8-11,13H2. The Morgan fingerprint density at radius 2 is 1.81 bits per heavy atom. The first-order valence-electron chi connectivity index (χ1n) is 7.49. The van der Waals surface area contributed by atoms with Crippen LogP contribution in [0.4, 0.5) is 0 Å². The highest BCUT2D eigenvalue weighted by Gasteiger charge is 2.19. The largest absolute Gasteiger partial charge is 0.489 e. The Hall–Kier alpha value is -1.51. The van der Waals surface area contributed by atoms with Gasteiger partial charge in [-0.3, -0.25) is 0 Å². The van der Waals surface area contributed by atoms with Gasteiger partial charge in [0.15, 0.2) is 0 Å². The van der Waals surface area contributed by atoms with Gasteiger partial charge in [-0.05, 0) is 55.1 Å². The minimum absolute atomic E-state index is 0.570. The molecule has 0 radical (unpaired) electrons. The summed E-state index contributed by atoms with van der Waals surface area (Å²) in [5.74, 6) is 0.806. The maximum absolute atomic E-state index is 5.94. The molecule has 3 rings (SSSR count). The van der Waals surface area contributed by atoms with Gasteiger partial charge in [0.25, 0.3) is 0 Å². The Bertz CT molecular complexity index is 578. The second-order valence-corrected chi connectivity index (χ2v) is 5.98. The molecule has 0 heterocycles. The van der Waals surface area contributed by atoms with Crippen molar-refractivity contribution in [3.05, 3.63) is 64.7 Å². The molecular formula is C18H20ClNO. The van der Waals surface area contributed by atoms with Crippen molar-refractivity contribution >= 4 is 11.6 Å². The number of hydrogen-bond acceptors (Lipinski definition) is 2.